The molecule has 0 atom stereocenters. The van der Waals surface area contributed by atoms with E-state index in [-0.39, 0.29) is 54.4 Å². The maximum Gasteiger partial charge on any atom is 0.274 e. The Bertz CT molecular complexity index is 1330. The maximum absolute atomic E-state index is 12.9. The Labute approximate surface area is 203 Å². The van der Waals surface area contributed by atoms with Crippen LogP contribution in [0.3, 0.4) is 0 Å². The molecule has 2 aromatic carbocycles. The monoisotopic (exact) mass is 492 g/mol. The average Bonchev–Trinajstić information content (AvgIpc) is 2.89. The molecular weight excluding hydrogens is 468 g/mol. The molecule has 0 saturated carbocycles. The van der Waals surface area contributed by atoms with E-state index in [1.165, 1.54) is 41.7 Å². The summed E-state index contributed by atoms with van der Waals surface area (Å²) in [6, 6.07) is 17.4. The second-order valence-corrected chi connectivity index (χ2v) is 9.96. The van der Waals surface area contributed by atoms with Crippen LogP contribution in [0.15, 0.2) is 77.8 Å². The Kier molecular flexibility index (Phi) is 7.04. The number of Topliss-reactive ketones (excluding diaryl/α,β-unsaturated/α-hetero) is 1. The summed E-state index contributed by atoms with van der Waals surface area (Å²) in [6.07, 6.45) is 1.53. The number of benzene rings is 2. The third kappa shape index (κ3) is 5.44. The van der Waals surface area contributed by atoms with Crippen LogP contribution in [0.25, 0.3) is 0 Å². The molecule has 4 rings (SSSR count). The Hall–Kier alpha value is -3.89. The van der Waals surface area contributed by atoms with Crippen LogP contribution in [0.2, 0.25) is 0 Å². The number of piperazine rings is 1. The minimum absolute atomic E-state index is 0.116. The molecule has 0 spiro atoms. The van der Waals surface area contributed by atoms with Crippen LogP contribution < -0.4 is 5.32 Å². The molecule has 9 nitrogen and oxygen atoms in total. The molecule has 1 aliphatic heterocycles. The number of amides is 2. The van der Waals surface area contributed by atoms with Crippen LogP contribution in [-0.4, -0.2) is 66.4 Å². The molecular formula is C25H24N4O5S. The van der Waals surface area contributed by atoms with Crippen LogP contribution in [0.1, 0.15) is 38.1 Å². The summed E-state index contributed by atoms with van der Waals surface area (Å²) < 4.78 is 27.2. The Morgan fingerprint density at radius 1 is 0.829 bits per heavy atom. The summed E-state index contributed by atoms with van der Waals surface area (Å²) in [4.78, 5) is 42.3. The first kappa shape index (κ1) is 24.2. The van der Waals surface area contributed by atoms with E-state index < -0.39 is 10.0 Å². The van der Waals surface area contributed by atoms with Crippen molar-refractivity contribution in [3.05, 3.63) is 89.7 Å². The van der Waals surface area contributed by atoms with E-state index in [2.05, 4.69) is 10.3 Å². The second-order valence-electron chi connectivity index (χ2n) is 8.02. The lowest BCUT2D eigenvalue weighted by Gasteiger charge is -2.34. The van der Waals surface area contributed by atoms with Crippen LogP contribution in [0, 0.1) is 0 Å². The number of hydrogen-bond acceptors (Lipinski definition) is 6. The predicted octanol–water partition coefficient (Wildman–Crippen LogP) is 2.68. The predicted molar refractivity (Wildman–Crippen MR) is 130 cm³/mol. The average molecular weight is 493 g/mol. The number of pyridine rings is 1. The molecule has 0 unspecified atom stereocenters. The van der Waals surface area contributed by atoms with E-state index in [1.54, 1.807) is 47.4 Å². The summed E-state index contributed by atoms with van der Waals surface area (Å²) in [7, 11) is -3.72. The molecule has 35 heavy (non-hydrogen) atoms. The lowest BCUT2D eigenvalue weighted by molar-refractivity contribution is 0.0697. The Balaban J connectivity index is 1.35. The van der Waals surface area contributed by atoms with E-state index in [1.807, 2.05) is 0 Å². The molecule has 3 aromatic rings. The van der Waals surface area contributed by atoms with E-state index in [4.69, 9.17) is 0 Å². The highest BCUT2D eigenvalue weighted by atomic mass is 32.2. The first-order chi connectivity index (χ1) is 16.8. The first-order valence-corrected chi connectivity index (χ1v) is 12.4. The number of aromatic nitrogens is 1. The van der Waals surface area contributed by atoms with E-state index in [0.717, 1.165) is 0 Å². The fourth-order valence-electron chi connectivity index (χ4n) is 3.71. The molecule has 1 N–H and O–H groups in total. The van der Waals surface area contributed by atoms with Crippen LogP contribution >= 0.6 is 0 Å². The number of anilines is 1. The van der Waals surface area contributed by atoms with Crippen molar-refractivity contribution in [3.63, 3.8) is 0 Å². The lowest BCUT2D eigenvalue weighted by Crippen LogP contribution is -2.50. The molecule has 2 heterocycles. The van der Waals surface area contributed by atoms with Crippen molar-refractivity contribution in [2.75, 3.05) is 31.5 Å². The molecule has 0 bridgehead atoms. The van der Waals surface area contributed by atoms with Crippen molar-refractivity contribution in [2.45, 2.75) is 11.8 Å². The van der Waals surface area contributed by atoms with Gasteiger partial charge in [0.15, 0.2) is 5.78 Å². The zero-order valence-electron chi connectivity index (χ0n) is 19.0. The summed E-state index contributed by atoms with van der Waals surface area (Å²) in [5, 5.41) is 2.73. The van der Waals surface area contributed by atoms with Gasteiger partial charge in [-0.1, -0.05) is 18.2 Å². The van der Waals surface area contributed by atoms with Gasteiger partial charge in [-0.2, -0.15) is 4.31 Å². The fraction of sp³-hybridized carbons (Fsp3) is 0.200. The standard InChI is InChI=1S/C25H24N4O5S/c1-18(30)19-7-11-22(12-8-19)35(33,34)29-16-14-28(15-17-29)25(32)20-5-9-21(10-6-20)27-24(31)23-4-2-3-13-26-23/h2-13H,14-17H2,1H3,(H,27,31). The van der Waals surface area contributed by atoms with Crippen LogP contribution in [0.5, 0.6) is 0 Å². The van der Waals surface area contributed by atoms with E-state index in [9.17, 15) is 22.8 Å². The van der Waals surface area contributed by atoms with Gasteiger partial charge in [0.1, 0.15) is 5.69 Å². The molecule has 1 aliphatic rings. The molecule has 1 fully saturated rings. The van der Waals surface area contributed by atoms with E-state index >= 15 is 0 Å². The van der Waals surface area contributed by atoms with Crippen LogP contribution in [0.4, 0.5) is 5.69 Å². The van der Waals surface area contributed by atoms with E-state index in [0.29, 0.717) is 16.8 Å². The first-order valence-electron chi connectivity index (χ1n) is 11.0. The molecule has 1 aromatic heterocycles. The molecule has 1 saturated heterocycles. The van der Waals surface area contributed by atoms with Gasteiger partial charge in [-0.15, -0.1) is 0 Å². The third-order valence-corrected chi connectivity index (χ3v) is 7.62. The van der Waals surface area contributed by atoms with Crippen molar-refractivity contribution in [1.29, 1.82) is 0 Å². The number of hydrogen-bond donors (Lipinski definition) is 1. The highest BCUT2D eigenvalue weighted by Crippen LogP contribution is 2.20. The van der Waals surface area contributed by atoms with Crippen molar-refractivity contribution in [1.82, 2.24) is 14.2 Å². The molecule has 2 amide bonds. The van der Waals surface area contributed by atoms with Crippen molar-refractivity contribution < 1.29 is 22.8 Å². The number of nitrogens with zero attached hydrogens (tertiary/aromatic N) is 3. The number of sulfonamides is 1. The van der Waals surface area contributed by atoms with Crippen molar-refractivity contribution >= 4 is 33.3 Å². The van der Waals surface area contributed by atoms with Gasteiger partial charge in [-0.05, 0) is 55.5 Å². The highest BCUT2D eigenvalue weighted by Gasteiger charge is 2.30. The summed E-state index contributed by atoms with van der Waals surface area (Å²) in [5.74, 6) is -0.696. The summed E-state index contributed by atoms with van der Waals surface area (Å²) in [5.41, 5.74) is 1.71. The molecule has 180 valence electrons. The summed E-state index contributed by atoms with van der Waals surface area (Å²) >= 11 is 0. The highest BCUT2D eigenvalue weighted by molar-refractivity contribution is 7.89. The quantitative estimate of drug-likeness (QED) is 0.529. The largest absolute Gasteiger partial charge is 0.336 e. The van der Waals surface area contributed by atoms with Crippen molar-refractivity contribution in [3.8, 4) is 0 Å². The topological polar surface area (TPSA) is 117 Å². The third-order valence-electron chi connectivity index (χ3n) is 5.71. The number of carbonyl (C=O) groups is 3. The second kappa shape index (κ2) is 10.2. The van der Waals surface area contributed by atoms with Gasteiger partial charge in [-0.25, -0.2) is 8.42 Å². The number of rotatable bonds is 6. The minimum atomic E-state index is -3.72. The smallest absolute Gasteiger partial charge is 0.274 e. The van der Waals surface area contributed by atoms with Gasteiger partial charge in [0.2, 0.25) is 10.0 Å². The van der Waals surface area contributed by atoms with Crippen molar-refractivity contribution in [2.24, 2.45) is 0 Å². The zero-order chi connectivity index (χ0) is 25.0. The van der Waals surface area contributed by atoms with Gasteiger partial charge < -0.3 is 10.2 Å². The SMILES string of the molecule is CC(=O)c1ccc(S(=O)(=O)N2CCN(C(=O)c3ccc(NC(=O)c4ccccn4)cc3)CC2)cc1. The zero-order valence-corrected chi connectivity index (χ0v) is 19.9. The lowest BCUT2D eigenvalue weighted by atomic mass is 10.1. The Morgan fingerprint density at radius 3 is 2.03 bits per heavy atom. The van der Waals surface area contributed by atoms with Crippen LogP contribution in [-0.2, 0) is 10.0 Å². The molecule has 10 heteroatoms. The molecule has 0 aliphatic carbocycles. The van der Waals surface area contributed by atoms with Gasteiger partial charge in [0.05, 0.1) is 4.90 Å². The van der Waals surface area contributed by atoms with Gasteiger partial charge >= 0.3 is 0 Å². The number of nitrogens with one attached hydrogen (secondary N) is 1. The van der Waals surface area contributed by atoms with Gasteiger partial charge in [-0.3, -0.25) is 19.4 Å². The maximum atomic E-state index is 12.9. The number of ketones is 1. The minimum Gasteiger partial charge on any atom is -0.336 e. The van der Waals surface area contributed by atoms with Gasteiger partial charge in [0.25, 0.3) is 11.8 Å². The molecule has 0 radical (unpaired) electrons. The van der Waals surface area contributed by atoms with Gasteiger partial charge in [0, 0.05) is 49.2 Å². The fourth-order valence-corrected chi connectivity index (χ4v) is 5.14. The Morgan fingerprint density at radius 2 is 1.46 bits per heavy atom. The normalized spacial score (nSPS) is 14.4. The number of carbonyl (C=O) groups excluding carboxylic acids is 3. The summed E-state index contributed by atoms with van der Waals surface area (Å²) in [6.45, 7) is 2.26.